The molecule has 0 saturated heterocycles. The highest BCUT2D eigenvalue weighted by molar-refractivity contribution is 5.47. The second-order valence-electron chi connectivity index (χ2n) is 4.61. The highest BCUT2D eigenvalue weighted by Crippen LogP contribution is 2.11. The van der Waals surface area contributed by atoms with Crippen LogP contribution < -0.4 is 10.6 Å². The van der Waals surface area contributed by atoms with Crippen LogP contribution in [0.2, 0.25) is 0 Å². The van der Waals surface area contributed by atoms with Gasteiger partial charge in [-0.05, 0) is 20.3 Å². The second kappa shape index (κ2) is 11.3. The molecule has 1 aromatic heterocycles. The normalized spacial score (nSPS) is 10.6. The highest BCUT2D eigenvalue weighted by atomic mass is 16.5. The molecule has 21 heavy (non-hydrogen) atoms. The Bertz CT molecular complexity index is 388. The van der Waals surface area contributed by atoms with Crippen molar-refractivity contribution in [1.82, 2.24) is 9.97 Å². The molecule has 0 aromatic carbocycles. The monoisotopic (exact) mass is 296 g/mol. The van der Waals surface area contributed by atoms with E-state index in [1.165, 1.54) is 0 Å². The van der Waals surface area contributed by atoms with Crippen LogP contribution >= 0.6 is 0 Å². The lowest BCUT2D eigenvalue weighted by Crippen LogP contribution is -2.13. The van der Waals surface area contributed by atoms with Crippen molar-refractivity contribution in [3.63, 3.8) is 0 Å². The molecule has 0 unspecified atom stereocenters. The lowest BCUT2D eigenvalue weighted by Gasteiger charge is -2.11. The molecule has 1 rings (SSSR count). The highest BCUT2D eigenvalue weighted by Gasteiger charge is 2.04. The largest absolute Gasteiger partial charge is 0.380 e. The van der Waals surface area contributed by atoms with Crippen molar-refractivity contribution in [2.75, 3.05) is 43.5 Å². The average Bonchev–Trinajstić information content (AvgIpc) is 2.49. The zero-order chi connectivity index (χ0) is 15.3. The van der Waals surface area contributed by atoms with E-state index < -0.39 is 0 Å². The van der Waals surface area contributed by atoms with Gasteiger partial charge in [-0.1, -0.05) is 13.3 Å². The van der Waals surface area contributed by atoms with Crippen LogP contribution in [-0.4, -0.2) is 42.9 Å². The molecule has 1 aromatic rings. The summed E-state index contributed by atoms with van der Waals surface area (Å²) < 4.78 is 10.9. The Morgan fingerprint density at radius 2 is 1.76 bits per heavy atom. The number of unbranched alkanes of at least 4 members (excludes halogenated alkanes) is 1. The molecule has 6 nitrogen and oxygen atoms in total. The third-order valence-electron chi connectivity index (χ3n) is 2.76. The van der Waals surface area contributed by atoms with Crippen molar-refractivity contribution < 1.29 is 9.47 Å². The minimum absolute atomic E-state index is 0.428. The van der Waals surface area contributed by atoms with Gasteiger partial charge in [0.1, 0.15) is 18.2 Å². The topological polar surface area (TPSA) is 68.3 Å². The first-order valence-corrected chi connectivity index (χ1v) is 7.81. The summed E-state index contributed by atoms with van der Waals surface area (Å²) in [6.45, 7) is 10.3. The number of aromatic nitrogens is 2. The number of rotatable bonds is 12. The maximum Gasteiger partial charge on any atom is 0.158 e. The number of hydrogen-bond acceptors (Lipinski definition) is 6. The molecular formula is C15H28N4O2. The molecule has 0 fully saturated rings. The van der Waals surface area contributed by atoms with E-state index in [4.69, 9.17) is 9.47 Å². The standard InChI is InChI=1S/C15H28N4O2/c1-4-7-9-21-10-8-17-14-11-13(16-5-2)18-15(19-14)12-20-6-3/h11H,4-10,12H2,1-3H3,(H2,16,17,18,19). The lowest BCUT2D eigenvalue weighted by atomic mass is 10.4. The molecule has 2 N–H and O–H groups in total. The Hall–Kier alpha value is -1.40. The SMILES string of the molecule is CCCCOCCNc1cc(NCC)nc(COCC)n1. The summed E-state index contributed by atoms with van der Waals surface area (Å²) in [5.41, 5.74) is 0. The van der Waals surface area contributed by atoms with Crippen molar-refractivity contribution in [2.24, 2.45) is 0 Å². The van der Waals surface area contributed by atoms with Crippen LogP contribution in [0.3, 0.4) is 0 Å². The van der Waals surface area contributed by atoms with E-state index in [1.54, 1.807) is 0 Å². The van der Waals surface area contributed by atoms with Crippen molar-refractivity contribution in [2.45, 2.75) is 40.2 Å². The fraction of sp³-hybridized carbons (Fsp3) is 0.733. The number of hydrogen-bond donors (Lipinski definition) is 2. The second-order valence-corrected chi connectivity index (χ2v) is 4.61. The summed E-state index contributed by atoms with van der Waals surface area (Å²) in [7, 11) is 0. The molecule has 0 atom stereocenters. The van der Waals surface area contributed by atoms with Crippen LogP contribution in [0.25, 0.3) is 0 Å². The Kier molecular flexibility index (Phi) is 9.48. The minimum atomic E-state index is 0.428. The Labute approximate surface area is 127 Å². The molecule has 0 amide bonds. The summed E-state index contributed by atoms with van der Waals surface area (Å²) in [6.07, 6.45) is 2.27. The van der Waals surface area contributed by atoms with E-state index in [-0.39, 0.29) is 0 Å². The van der Waals surface area contributed by atoms with Crippen molar-refractivity contribution in [3.05, 3.63) is 11.9 Å². The predicted octanol–water partition coefficient (Wildman–Crippen LogP) is 2.67. The molecule has 0 aliphatic carbocycles. The van der Waals surface area contributed by atoms with E-state index >= 15 is 0 Å². The molecule has 0 radical (unpaired) electrons. The summed E-state index contributed by atoms with van der Waals surface area (Å²) in [5, 5.41) is 6.47. The smallest absolute Gasteiger partial charge is 0.158 e. The molecule has 120 valence electrons. The first kappa shape index (κ1) is 17.7. The van der Waals surface area contributed by atoms with Crippen LogP contribution in [0.5, 0.6) is 0 Å². The first-order valence-electron chi connectivity index (χ1n) is 7.81. The number of nitrogens with one attached hydrogen (secondary N) is 2. The molecule has 0 aliphatic rings. The van der Waals surface area contributed by atoms with Crippen molar-refractivity contribution in [1.29, 1.82) is 0 Å². The zero-order valence-electron chi connectivity index (χ0n) is 13.4. The van der Waals surface area contributed by atoms with Gasteiger partial charge in [-0.25, -0.2) is 9.97 Å². The van der Waals surface area contributed by atoms with Gasteiger partial charge in [-0.15, -0.1) is 0 Å². The Balaban J connectivity index is 2.48. The van der Waals surface area contributed by atoms with Crippen LogP contribution in [0.1, 0.15) is 39.4 Å². The summed E-state index contributed by atoms with van der Waals surface area (Å²) in [6, 6.07) is 1.91. The maximum atomic E-state index is 5.52. The number of nitrogens with zero attached hydrogens (tertiary/aromatic N) is 2. The Morgan fingerprint density at radius 3 is 2.43 bits per heavy atom. The van der Waals surface area contributed by atoms with Gasteiger partial charge in [0.2, 0.25) is 0 Å². The van der Waals surface area contributed by atoms with Gasteiger partial charge in [0, 0.05) is 32.4 Å². The van der Waals surface area contributed by atoms with Crippen LogP contribution in [0.4, 0.5) is 11.6 Å². The molecular weight excluding hydrogens is 268 g/mol. The van der Waals surface area contributed by atoms with Gasteiger partial charge in [0.25, 0.3) is 0 Å². The fourth-order valence-corrected chi connectivity index (χ4v) is 1.72. The Morgan fingerprint density at radius 1 is 1.00 bits per heavy atom. The molecule has 0 spiro atoms. The van der Waals surface area contributed by atoms with Crippen LogP contribution in [0, 0.1) is 0 Å². The molecule has 0 aliphatic heterocycles. The summed E-state index contributed by atoms with van der Waals surface area (Å²) in [5.74, 6) is 2.30. The third kappa shape index (κ3) is 7.82. The van der Waals surface area contributed by atoms with Gasteiger partial charge in [-0.3, -0.25) is 0 Å². The quantitative estimate of drug-likeness (QED) is 0.578. The molecule has 0 bridgehead atoms. The van der Waals surface area contributed by atoms with Crippen LogP contribution in [-0.2, 0) is 16.1 Å². The van der Waals surface area contributed by atoms with Crippen molar-refractivity contribution in [3.8, 4) is 0 Å². The third-order valence-corrected chi connectivity index (χ3v) is 2.76. The minimum Gasteiger partial charge on any atom is -0.380 e. The van der Waals surface area contributed by atoms with E-state index in [0.717, 1.165) is 44.2 Å². The van der Waals surface area contributed by atoms with Gasteiger partial charge >= 0.3 is 0 Å². The fourth-order valence-electron chi connectivity index (χ4n) is 1.72. The number of ether oxygens (including phenoxy) is 2. The lowest BCUT2D eigenvalue weighted by molar-refractivity contribution is 0.128. The van der Waals surface area contributed by atoms with Gasteiger partial charge < -0.3 is 20.1 Å². The van der Waals surface area contributed by atoms with Gasteiger partial charge in [0.05, 0.1) is 6.61 Å². The predicted molar refractivity (Wildman–Crippen MR) is 85.7 cm³/mol. The zero-order valence-corrected chi connectivity index (χ0v) is 13.4. The maximum absolute atomic E-state index is 5.52. The first-order chi connectivity index (χ1) is 10.3. The molecule has 0 saturated carbocycles. The molecule has 6 heteroatoms. The van der Waals surface area contributed by atoms with E-state index in [2.05, 4.69) is 27.5 Å². The van der Waals surface area contributed by atoms with Gasteiger partial charge in [-0.2, -0.15) is 0 Å². The van der Waals surface area contributed by atoms with Gasteiger partial charge in [0.15, 0.2) is 5.82 Å². The summed E-state index contributed by atoms with van der Waals surface area (Å²) >= 11 is 0. The summed E-state index contributed by atoms with van der Waals surface area (Å²) in [4.78, 5) is 8.86. The van der Waals surface area contributed by atoms with E-state index in [1.807, 2.05) is 19.9 Å². The average molecular weight is 296 g/mol. The molecule has 1 heterocycles. The van der Waals surface area contributed by atoms with E-state index in [9.17, 15) is 0 Å². The van der Waals surface area contributed by atoms with E-state index in [0.29, 0.717) is 25.6 Å². The van der Waals surface area contributed by atoms with Crippen LogP contribution in [0.15, 0.2) is 6.07 Å². The van der Waals surface area contributed by atoms with Crippen molar-refractivity contribution >= 4 is 11.6 Å². The number of anilines is 2.